The number of carbonyl (C=O) groups excluding carboxylic acids is 1. The maximum atomic E-state index is 11.0. The van der Waals surface area contributed by atoms with E-state index in [4.69, 9.17) is 9.47 Å². The lowest BCUT2D eigenvalue weighted by molar-refractivity contribution is 0.111. The fourth-order valence-corrected chi connectivity index (χ4v) is 2.94. The summed E-state index contributed by atoms with van der Waals surface area (Å²) in [6.45, 7) is 3.23. The molecular weight excluding hydrogens is 424 g/mol. The van der Waals surface area contributed by atoms with Crippen LogP contribution in [0.25, 0.3) is 0 Å². The minimum atomic E-state index is 0.557. The first-order valence-corrected chi connectivity index (χ1v) is 8.95. The number of hydrogen-bond donors (Lipinski definition) is 0. The van der Waals surface area contributed by atoms with Crippen LogP contribution in [0.1, 0.15) is 28.8 Å². The highest BCUT2D eigenvalue weighted by atomic mass is 79.9. The van der Waals surface area contributed by atoms with Crippen LogP contribution >= 0.6 is 31.9 Å². The molecule has 0 saturated carbocycles. The van der Waals surface area contributed by atoms with Crippen molar-refractivity contribution < 1.29 is 14.3 Å². The Labute approximate surface area is 153 Å². The quantitative estimate of drug-likeness (QED) is 0.396. The number of aldehydes is 1. The van der Waals surface area contributed by atoms with Crippen LogP contribution in [-0.4, -0.2) is 19.5 Å². The molecule has 5 heteroatoms. The maximum Gasteiger partial charge on any atom is 0.153 e. The molecule has 2 aromatic carbocycles. The third-order valence-corrected chi connectivity index (χ3v) is 4.28. The first kappa shape index (κ1) is 18.0. The number of halogens is 2. The van der Waals surface area contributed by atoms with Gasteiger partial charge in [-0.15, -0.1) is 0 Å². The zero-order chi connectivity index (χ0) is 16.7. The fourth-order valence-electron chi connectivity index (χ4n) is 2.09. The van der Waals surface area contributed by atoms with Crippen molar-refractivity contribution in [3.63, 3.8) is 0 Å². The molecule has 2 aromatic rings. The molecule has 0 radical (unpaired) electrons. The number of carbonyl (C=O) groups is 1. The molecule has 2 rings (SSSR count). The molecule has 0 aliphatic heterocycles. The number of benzene rings is 2. The van der Waals surface area contributed by atoms with E-state index in [2.05, 4.69) is 31.9 Å². The summed E-state index contributed by atoms with van der Waals surface area (Å²) >= 11 is 6.78. The molecule has 23 heavy (non-hydrogen) atoms. The van der Waals surface area contributed by atoms with Gasteiger partial charge in [-0.1, -0.05) is 31.9 Å². The molecule has 0 unspecified atom stereocenters. The zero-order valence-electron chi connectivity index (χ0n) is 12.9. The Morgan fingerprint density at radius 2 is 1.48 bits per heavy atom. The minimum Gasteiger partial charge on any atom is -0.493 e. The fraction of sp³-hybridized carbons (Fsp3) is 0.278. The molecule has 0 heterocycles. The summed E-state index contributed by atoms with van der Waals surface area (Å²) in [5.41, 5.74) is 1.67. The molecule has 0 spiro atoms. The second-order valence-corrected chi connectivity index (χ2v) is 6.95. The lowest BCUT2D eigenvalue weighted by atomic mass is 10.2. The van der Waals surface area contributed by atoms with E-state index in [0.29, 0.717) is 24.5 Å². The van der Waals surface area contributed by atoms with E-state index in [-0.39, 0.29) is 0 Å². The first-order chi connectivity index (χ1) is 11.1. The monoisotopic (exact) mass is 440 g/mol. The molecule has 0 amide bonds. The third kappa shape index (κ3) is 5.66. The van der Waals surface area contributed by atoms with Gasteiger partial charge in [0, 0.05) is 8.95 Å². The van der Waals surface area contributed by atoms with E-state index >= 15 is 0 Å². The van der Waals surface area contributed by atoms with Crippen LogP contribution in [0.3, 0.4) is 0 Å². The molecule has 0 saturated heterocycles. The maximum absolute atomic E-state index is 11.0. The summed E-state index contributed by atoms with van der Waals surface area (Å²) in [4.78, 5) is 11.0. The summed E-state index contributed by atoms with van der Waals surface area (Å²) in [5.74, 6) is 1.53. The van der Waals surface area contributed by atoms with Crippen molar-refractivity contribution in [3.05, 3.63) is 56.5 Å². The minimum absolute atomic E-state index is 0.557. The Morgan fingerprint density at radius 1 is 0.913 bits per heavy atom. The predicted octanol–water partition coefficient (Wildman–Crippen LogP) is 5.57. The van der Waals surface area contributed by atoms with Crippen LogP contribution in [-0.2, 0) is 0 Å². The average Bonchev–Trinajstić information content (AvgIpc) is 2.53. The Morgan fingerprint density at radius 3 is 2.09 bits per heavy atom. The summed E-state index contributed by atoms with van der Waals surface area (Å²) in [5, 5.41) is 0. The van der Waals surface area contributed by atoms with Crippen molar-refractivity contribution >= 4 is 38.1 Å². The van der Waals surface area contributed by atoms with Gasteiger partial charge in [-0.05, 0) is 61.7 Å². The Kier molecular flexibility index (Phi) is 7.12. The van der Waals surface area contributed by atoms with E-state index in [1.54, 1.807) is 12.1 Å². The number of rotatable bonds is 8. The van der Waals surface area contributed by atoms with E-state index in [1.165, 1.54) is 0 Å². The van der Waals surface area contributed by atoms with Crippen molar-refractivity contribution in [2.45, 2.75) is 19.8 Å². The lowest BCUT2D eigenvalue weighted by Gasteiger charge is -2.11. The summed E-state index contributed by atoms with van der Waals surface area (Å²) in [7, 11) is 0. The Bertz CT molecular complexity index is 671. The number of ether oxygens (including phenoxy) is 2. The average molecular weight is 442 g/mol. The smallest absolute Gasteiger partial charge is 0.153 e. The molecule has 0 N–H and O–H groups in total. The summed E-state index contributed by atoms with van der Waals surface area (Å²) in [6, 6.07) is 11.4. The second kappa shape index (κ2) is 9.08. The zero-order valence-corrected chi connectivity index (χ0v) is 16.0. The highest BCUT2D eigenvalue weighted by Gasteiger charge is 2.04. The largest absolute Gasteiger partial charge is 0.493 e. The molecule has 0 aliphatic carbocycles. The summed E-state index contributed by atoms with van der Waals surface area (Å²) < 4.78 is 13.3. The van der Waals surface area contributed by atoms with Gasteiger partial charge in [0.15, 0.2) is 6.29 Å². The van der Waals surface area contributed by atoms with Gasteiger partial charge < -0.3 is 9.47 Å². The number of unbranched alkanes of at least 4 members (excludes halogenated alkanes) is 1. The van der Waals surface area contributed by atoms with Gasteiger partial charge in [-0.3, -0.25) is 4.79 Å². The predicted molar refractivity (Wildman–Crippen MR) is 98.6 cm³/mol. The van der Waals surface area contributed by atoms with Gasteiger partial charge in [-0.25, -0.2) is 0 Å². The Hall–Kier alpha value is -1.33. The number of aryl methyl sites for hydroxylation is 1. The van der Waals surface area contributed by atoms with Gasteiger partial charge >= 0.3 is 0 Å². The van der Waals surface area contributed by atoms with Gasteiger partial charge in [0.1, 0.15) is 11.5 Å². The normalized spacial score (nSPS) is 10.4. The first-order valence-electron chi connectivity index (χ1n) is 7.36. The van der Waals surface area contributed by atoms with Crippen LogP contribution in [0.2, 0.25) is 0 Å². The summed E-state index contributed by atoms with van der Waals surface area (Å²) in [6.07, 6.45) is 2.56. The van der Waals surface area contributed by atoms with Crippen LogP contribution in [0, 0.1) is 6.92 Å². The number of hydrogen-bond acceptors (Lipinski definition) is 3. The molecule has 0 fully saturated rings. The molecule has 0 aromatic heterocycles. The standard InChI is InChI=1S/C18H18Br2O3/c1-13-10-15(19)4-6-17(13)22-8-2-3-9-23-18-7-5-16(20)11-14(18)12-21/h4-7,10-12H,2-3,8-9H2,1H3. The Balaban J connectivity index is 1.71. The van der Waals surface area contributed by atoms with Crippen LogP contribution in [0.4, 0.5) is 0 Å². The topological polar surface area (TPSA) is 35.5 Å². The molecule has 3 nitrogen and oxygen atoms in total. The van der Waals surface area contributed by atoms with E-state index in [9.17, 15) is 4.79 Å². The second-order valence-electron chi connectivity index (χ2n) is 5.11. The van der Waals surface area contributed by atoms with Gasteiger partial charge in [-0.2, -0.15) is 0 Å². The molecule has 122 valence electrons. The van der Waals surface area contributed by atoms with Crippen LogP contribution in [0.5, 0.6) is 11.5 Å². The highest BCUT2D eigenvalue weighted by Crippen LogP contribution is 2.23. The van der Waals surface area contributed by atoms with Gasteiger partial charge in [0.05, 0.1) is 18.8 Å². The van der Waals surface area contributed by atoms with Gasteiger partial charge in [0.25, 0.3) is 0 Å². The molecule has 0 bridgehead atoms. The van der Waals surface area contributed by atoms with Crippen molar-refractivity contribution in [2.75, 3.05) is 13.2 Å². The molecule has 0 atom stereocenters. The highest BCUT2D eigenvalue weighted by molar-refractivity contribution is 9.10. The van der Waals surface area contributed by atoms with E-state index in [1.807, 2.05) is 31.2 Å². The molecular formula is C18H18Br2O3. The van der Waals surface area contributed by atoms with Crippen LogP contribution in [0.15, 0.2) is 45.3 Å². The van der Waals surface area contributed by atoms with Crippen molar-refractivity contribution in [2.24, 2.45) is 0 Å². The van der Waals surface area contributed by atoms with Crippen molar-refractivity contribution in [1.29, 1.82) is 0 Å². The van der Waals surface area contributed by atoms with Crippen molar-refractivity contribution in [1.82, 2.24) is 0 Å². The van der Waals surface area contributed by atoms with E-state index < -0.39 is 0 Å². The molecule has 0 aliphatic rings. The SMILES string of the molecule is Cc1cc(Br)ccc1OCCCCOc1ccc(Br)cc1C=O. The third-order valence-electron chi connectivity index (χ3n) is 3.29. The van der Waals surface area contributed by atoms with Crippen LogP contribution < -0.4 is 9.47 Å². The lowest BCUT2D eigenvalue weighted by Crippen LogP contribution is -2.04. The van der Waals surface area contributed by atoms with E-state index in [0.717, 1.165) is 39.4 Å². The van der Waals surface area contributed by atoms with Crippen molar-refractivity contribution in [3.8, 4) is 11.5 Å². The van der Waals surface area contributed by atoms with Gasteiger partial charge in [0.2, 0.25) is 0 Å².